The number of nitro benzene ring substituents is 1. The Morgan fingerprint density at radius 1 is 1.24 bits per heavy atom. The molecule has 0 radical (unpaired) electrons. The number of hydrogen-bond donors (Lipinski definition) is 1. The maximum Gasteiger partial charge on any atom is 0.269 e. The molecule has 0 saturated carbocycles. The second-order valence-corrected chi connectivity index (χ2v) is 4.66. The lowest BCUT2D eigenvalue weighted by Crippen LogP contribution is -2.09. The van der Waals surface area contributed by atoms with Gasteiger partial charge < -0.3 is 5.32 Å². The number of benzene rings is 1. The van der Waals surface area contributed by atoms with Gasteiger partial charge in [-0.15, -0.1) is 0 Å². The first-order valence-corrected chi connectivity index (χ1v) is 6.55. The predicted molar refractivity (Wildman–Crippen MR) is 78.6 cm³/mol. The Kier molecular flexibility index (Phi) is 3.55. The second-order valence-electron chi connectivity index (χ2n) is 4.66. The third-order valence-corrected chi connectivity index (χ3v) is 3.29. The highest BCUT2D eigenvalue weighted by Gasteiger charge is 2.13. The fourth-order valence-corrected chi connectivity index (χ4v) is 2.18. The van der Waals surface area contributed by atoms with Gasteiger partial charge in [0.2, 0.25) is 0 Å². The Balaban J connectivity index is 1.59. The van der Waals surface area contributed by atoms with Crippen LogP contribution in [0.1, 0.15) is 16.8 Å². The Labute approximate surface area is 120 Å². The summed E-state index contributed by atoms with van der Waals surface area (Å²) in [5, 5.41) is 13.9. The fraction of sp³-hybridized carbons (Fsp3) is 0.214. The van der Waals surface area contributed by atoms with E-state index in [0.717, 1.165) is 29.1 Å². The molecule has 0 spiro atoms. The maximum atomic E-state index is 10.6. The Morgan fingerprint density at radius 2 is 2.05 bits per heavy atom. The number of rotatable bonds is 5. The molecule has 1 aliphatic rings. The first kappa shape index (κ1) is 13.2. The van der Waals surface area contributed by atoms with Crippen molar-refractivity contribution in [1.29, 1.82) is 0 Å². The van der Waals surface area contributed by atoms with Crippen molar-refractivity contribution in [2.45, 2.75) is 13.0 Å². The normalized spacial score (nSPS) is 12.2. The van der Waals surface area contributed by atoms with Crippen molar-refractivity contribution in [3.05, 3.63) is 57.5 Å². The predicted octanol–water partition coefficient (Wildman–Crippen LogP) is 1.97. The van der Waals surface area contributed by atoms with Gasteiger partial charge in [-0.3, -0.25) is 15.1 Å². The number of non-ortho nitro benzene ring substituents is 1. The average molecular weight is 283 g/mol. The van der Waals surface area contributed by atoms with Gasteiger partial charge in [-0.2, -0.15) is 0 Å². The van der Waals surface area contributed by atoms with E-state index in [2.05, 4.69) is 20.3 Å². The van der Waals surface area contributed by atoms with Gasteiger partial charge in [-0.05, 0) is 12.0 Å². The number of anilines is 1. The minimum Gasteiger partial charge on any atom is -0.369 e. The van der Waals surface area contributed by atoms with Crippen LogP contribution in [0.4, 0.5) is 11.5 Å². The SMILES string of the molecule is O=[N+]([O-])c1ccc(CCNc2ncnc3c2CN=C3)cc1. The molecule has 21 heavy (non-hydrogen) atoms. The molecule has 2 aromatic rings. The molecule has 0 unspecified atom stereocenters. The standard InChI is InChI=1S/C14H13N5O2/c20-19(21)11-3-1-10(2-4-11)5-6-16-14-12-7-15-8-13(12)17-9-18-14/h1-4,8-9H,5-7H2,(H,16,17,18). The van der Waals surface area contributed by atoms with Crippen LogP contribution >= 0.6 is 0 Å². The van der Waals surface area contributed by atoms with Crippen molar-refractivity contribution in [2.75, 3.05) is 11.9 Å². The van der Waals surface area contributed by atoms with Gasteiger partial charge in [0.1, 0.15) is 12.1 Å². The number of nitrogens with one attached hydrogen (secondary N) is 1. The molecule has 7 heteroatoms. The number of aliphatic imine (C=N–C) groups is 1. The van der Waals surface area contributed by atoms with Crippen molar-refractivity contribution in [1.82, 2.24) is 9.97 Å². The molecule has 1 aliphatic heterocycles. The van der Waals surface area contributed by atoms with Crippen LogP contribution in [0.15, 0.2) is 35.6 Å². The topological polar surface area (TPSA) is 93.3 Å². The second kappa shape index (κ2) is 5.66. The molecule has 2 heterocycles. The van der Waals surface area contributed by atoms with E-state index in [1.807, 2.05) is 0 Å². The van der Waals surface area contributed by atoms with E-state index >= 15 is 0 Å². The zero-order valence-electron chi connectivity index (χ0n) is 11.2. The lowest BCUT2D eigenvalue weighted by molar-refractivity contribution is -0.384. The smallest absolute Gasteiger partial charge is 0.269 e. The fourth-order valence-electron chi connectivity index (χ4n) is 2.18. The monoisotopic (exact) mass is 283 g/mol. The third kappa shape index (κ3) is 2.86. The summed E-state index contributed by atoms with van der Waals surface area (Å²) in [7, 11) is 0. The number of fused-ring (bicyclic) bond motifs is 1. The average Bonchev–Trinajstić information content (AvgIpc) is 2.97. The number of aromatic nitrogens is 2. The summed E-state index contributed by atoms with van der Waals surface area (Å²) >= 11 is 0. The molecule has 1 aromatic carbocycles. The van der Waals surface area contributed by atoms with Crippen LogP contribution in [0.3, 0.4) is 0 Å². The quantitative estimate of drug-likeness (QED) is 0.669. The largest absolute Gasteiger partial charge is 0.369 e. The van der Waals surface area contributed by atoms with Crippen LogP contribution in [0.25, 0.3) is 0 Å². The summed E-state index contributed by atoms with van der Waals surface area (Å²) in [4.78, 5) is 22.7. The van der Waals surface area contributed by atoms with Crippen LogP contribution in [0.5, 0.6) is 0 Å². The van der Waals surface area contributed by atoms with Crippen LogP contribution in [-0.2, 0) is 13.0 Å². The van der Waals surface area contributed by atoms with E-state index in [1.54, 1.807) is 18.3 Å². The molecule has 106 valence electrons. The van der Waals surface area contributed by atoms with Gasteiger partial charge >= 0.3 is 0 Å². The van der Waals surface area contributed by atoms with Crippen LogP contribution < -0.4 is 5.32 Å². The Hall–Kier alpha value is -2.83. The summed E-state index contributed by atoms with van der Waals surface area (Å²) < 4.78 is 0. The number of nitro groups is 1. The molecule has 0 aliphatic carbocycles. The Morgan fingerprint density at radius 3 is 2.81 bits per heavy atom. The van der Waals surface area contributed by atoms with Crippen molar-refractivity contribution >= 4 is 17.7 Å². The summed E-state index contributed by atoms with van der Waals surface area (Å²) in [6.45, 7) is 1.30. The summed E-state index contributed by atoms with van der Waals surface area (Å²) in [5.41, 5.74) is 3.02. The summed E-state index contributed by atoms with van der Waals surface area (Å²) in [5.74, 6) is 0.805. The molecule has 0 amide bonds. The molecule has 0 atom stereocenters. The van der Waals surface area contributed by atoms with Crippen molar-refractivity contribution < 1.29 is 4.92 Å². The van der Waals surface area contributed by atoms with Gasteiger partial charge in [0.25, 0.3) is 5.69 Å². The lowest BCUT2D eigenvalue weighted by Gasteiger charge is -2.08. The maximum absolute atomic E-state index is 10.6. The number of nitrogens with zero attached hydrogens (tertiary/aromatic N) is 4. The molecule has 7 nitrogen and oxygen atoms in total. The molecule has 0 saturated heterocycles. The van der Waals surface area contributed by atoms with Crippen LogP contribution in [0, 0.1) is 10.1 Å². The van der Waals surface area contributed by atoms with Gasteiger partial charge in [0, 0.05) is 30.5 Å². The molecular formula is C14H13N5O2. The first-order chi connectivity index (χ1) is 10.2. The molecular weight excluding hydrogens is 270 g/mol. The van der Waals surface area contributed by atoms with Gasteiger partial charge in [0.15, 0.2) is 0 Å². The zero-order chi connectivity index (χ0) is 14.7. The molecule has 0 bridgehead atoms. The van der Waals surface area contributed by atoms with Crippen LogP contribution in [0.2, 0.25) is 0 Å². The van der Waals surface area contributed by atoms with Gasteiger partial charge in [-0.1, -0.05) is 12.1 Å². The van der Waals surface area contributed by atoms with E-state index < -0.39 is 4.92 Å². The highest BCUT2D eigenvalue weighted by Crippen LogP contribution is 2.19. The highest BCUT2D eigenvalue weighted by atomic mass is 16.6. The lowest BCUT2D eigenvalue weighted by atomic mass is 10.1. The van der Waals surface area contributed by atoms with E-state index in [-0.39, 0.29) is 5.69 Å². The minimum atomic E-state index is -0.397. The van der Waals surface area contributed by atoms with E-state index in [4.69, 9.17) is 0 Å². The molecule has 3 rings (SSSR count). The molecule has 1 aromatic heterocycles. The zero-order valence-corrected chi connectivity index (χ0v) is 11.2. The van der Waals surface area contributed by atoms with Crippen molar-refractivity contribution in [3.63, 3.8) is 0 Å². The number of hydrogen-bond acceptors (Lipinski definition) is 6. The van der Waals surface area contributed by atoms with E-state index in [9.17, 15) is 10.1 Å². The summed E-state index contributed by atoms with van der Waals surface area (Å²) in [6, 6.07) is 6.58. The third-order valence-electron chi connectivity index (χ3n) is 3.29. The first-order valence-electron chi connectivity index (χ1n) is 6.55. The van der Waals surface area contributed by atoms with Gasteiger partial charge in [0.05, 0.1) is 17.2 Å². The van der Waals surface area contributed by atoms with E-state index in [0.29, 0.717) is 13.1 Å². The minimum absolute atomic E-state index is 0.109. The highest BCUT2D eigenvalue weighted by molar-refractivity contribution is 5.83. The van der Waals surface area contributed by atoms with Crippen LogP contribution in [-0.4, -0.2) is 27.7 Å². The van der Waals surface area contributed by atoms with Crippen molar-refractivity contribution in [2.24, 2.45) is 4.99 Å². The Bertz CT molecular complexity index is 697. The van der Waals surface area contributed by atoms with Gasteiger partial charge in [-0.25, -0.2) is 9.97 Å². The molecule has 0 fully saturated rings. The summed E-state index contributed by atoms with van der Waals surface area (Å²) in [6.07, 6.45) is 4.03. The molecule has 1 N–H and O–H groups in total. The van der Waals surface area contributed by atoms with Crippen molar-refractivity contribution in [3.8, 4) is 0 Å². The van der Waals surface area contributed by atoms with E-state index in [1.165, 1.54) is 18.5 Å².